The molecule has 1 fully saturated rings. The summed E-state index contributed by atoms with van der Waals surface area (Å²) in [4.78, 5) is 13.7. The molecule has 0 aromatic carbocycles. The molecule has 4 heteroatoms. The number of halogens is 1. The Bertz CT molecular complexity index is 403. The molecule has 1 unspecified atom stereocenters. The van der Waals surface area contributed by atoms with Crippen LogP contribution in [0.3, 0.4) is 0 Å². The Morgan fingerprint density at radius 3 is 3.00 bits per heavy atom. The number of rotatable bonds is 3. The van der Waals surface area contributed by atoms with E-state index in [0.717, 1.165) is 32.5 Å². The fourth-order valence-electron chi connectivity index (χ4n) is 2.61. The topological polar surface area (TPSA) is 32.3 Å². The zero-order chi connectivity index (χ0) is 13.2. The molecule has 1 aliphatic heterocycles. The summed E-state index contributed by atoms with van der Waals surface area (Å²) < 4.78 is 1.21. The van der Waals surface area contributed by atoms with E-state index in [0.29, 0.717) is 6.54 Å². The molecule has 2 rings (SSSR count). The number of nitrogens with one attached hydrogen (secondary N) is 1. The normalized spacial score (nSPS) is 29.1. The van der Waals surface area contributed by atoms with Crippen molar-refractivity contribution in [2.75, 3.05) is 26.2 Å². The van der Waals surface area contributed by atoms with E-state index in [1.54, 1.807) is 0 Å². The van der Waals surface area contributed by atoms with Crippen LogP contribution in [0, 0.1) is 5.41 Å². The fourth-order valence-corrected chi connectivity index (χ4v) is 2.88. The van der Waals surface area contributed by atoms with Crippen molar-refractivity contribution in [3.05, 3.63) is 22.2 Å². The van der Waals surface area contributed by atoms with Gasteiger partial charge in [-0.2, -0.15) is 0 Å². The molecule has 0 spiro atoms. The summed E-state index contributed by atoms with van der Waals surface area (Å²) in [6.45, 7) is 7.57. The van der Waals surface area contributed by atoms with Crippen molar-refractivity contribution in [1.82, 2.24) is 10.2 Å². The molecule has 1 saturated heterocycles. The number of carbonyl (C=O) groups is 1. The summed E-state index contributed by atoms with van der Waals surface area (Å²) in [6.07, 6.45) is 6.53. The predicted octanol–water partition coefficient (Wildman–Crippen LogP) is 2.44. The number of piperazine rings is 1. The van der Waals surface area contributed by atoms with Crippen LogP contribution in [0.5, 0.6) is 0 Å². The Labute approximate surface area is 117 Å². The predicted molar refractivity (Wildman–Crippen MR) is 77.6 cm³/mol. The Morgan fingerprint density at radius 2 is 2.33 bits per heavy atom. The second-order valence-corrected chi connectivity index (χ2v) is 6.45. The lowest BCUT2D eigenvalue weighted by Crippen LogP contribution is -2.48. The monoisotopic (exact) mass is 312 g/mol. The van der Waals surface area contributed by atoms with E-state index in [4.69, 9.17) is 0 Å². The van der Waals surface area contributed by atoms with Crippen LogP contribution in [0.2, 0.25) is 0 Å². The maximum atomic E-state index is 11.7. The van der Waals surface area contributed by atoms with Gasteiger partial charge in [0.05, 0.1) is 6.54 Å². The number of amides is 1. The SMILES string of the molecule is CC1=C(Br)C=CC(C)(CCN2CCNCC2=O)C1. The molecule has 0 bridgehead atoms. The van der Waals surface area contributed by atoms with Gasteiger partial charge in [-0.15, -0.1) is 0 Å². The lowest BCUT2D eigenvalue weighted by Gasteiger charge is -2.34. The highest BCUT2D eigenvalue weighted by molar-refractivity contribution is 9.11. The number of carbonyl (C=O) groups excluding carboxylic acids is 1. The number of nitrogens with zero attached hydrogens (tertiary/aromatic N) is 1. The third-order valence-electron chi connectivity index (χ3n) is 3.85. The van der Waals surface area contributed by atoms with Crippen LogP contribution in [0.15, 0.2) is 22.2 Å². The summed E-state index contributed by atoms with van der Waals surface area (Å²) in [7, 11) is 0. The van der Waals surface area contributed by atoms with E-state index in [2.05, 4.69) is 47.2 Å². The molecule has 0 aromatic rings. The molecule has 1 N–H and O–H groups in total. The molecule has 1 aliphatic carbocycles. The van der Waals surface area contributed by atoms with Crippen LogP contribution in [-0.2, 0) is 4.79 Å². The zero-order valence-electron chi connectivity index (χ0n) is 11.1. The zero-order valence-corrected chi connectivity index (χ0v) is 12.7. The molecule has 18 heavy (non-hydrogen) atoms. The van der Waals surface area contributed by atoms with Crippen LogP contribution in [-0.4, -0.2) is 37.0 Å². The first-order valence-electron chi connectivity index (χ1n) is 6.53. The number of hydrogen-bond acceptors (Lipinski definition) is 2. The van der Waals surface area contributed by atoms with E-state index in [1.165, 1.54) is 10.1 Å². The van der Waals surface area contributed by atoms with Crippen LogP contribution in [0.1, 0.15) is 26.7 Å². The van der Waals surface area contributed by atoms with Gasteiger partial charge in [0.1, 0.15) is 0 Å². The first-order valence-corrected chi connectivity index (χ1v) is 7.32. The molecule has 1 amide bonds. The molecule has 0 aromatic heterocycles. The smallest absolute Gasteiger partial charge is 0.236 e. The van der Waals surface area contributed by atoms with Crippen molar-refractivity contribution in [3.8, 4) is 0 Å². The van der Waals surface area contributed by atoms with Crippen molar-refractivity contribution < 1.29 is 4.79 Å². The van der Waals surface area contributed by atoms with Gasteiger partial charge >= 0.3 is 0 Å². The van der Waals surface area contributed by atoms with Gasteiger partial charge in [0, 0.05) is 24.1 Å². The minimum absolute atomic E-state index is 0.187. The van der Waals surface area contributed by atoms with E-state index >= 15 is 0 Å². The van der Waals surface area contributed by atoms with Gasteiger partial charge in [0.25, 0.3) is 0 Å². The van der Waals surface area contributed by atoms with Crippen molar-refractivity contribution in [2.24, 2.45) is 5.41 Å². The molecule has 1 atom stereocenters. The minimum atomic E-state index is 0.187. The first-order chi connectivity index (χ1) is 8.50. The number of hydrogen-bond donors (Lipinski definition) is 1. The highest BCUT2D eigenvalue weighted by Gasteiger charge is 2.27. The average Bonchev–Trinajstić information content (AvgIpc) is 2.34. The van der Waals surface area contributed by atoms with Crippen LogP contribution in [0.4, 0.5) is 0 Å². The average molecular weight is 313 g/mol. The Hall–Kier alpha value is -0.610. The largest absolute Gasteiger partial charge is 0.340 e. The van der Waals surface area contributed by atoms with Crippen molar-refractivity contribution in [2.45, 2.75) is 26.7 Å². The Kier molecular flexibility index (Phi) is 4.28. The highest BCUT2D eigenvalue weighted by Crippen LogP contribution is 2.38. The molecule has 0 radical (unpaired) electrons. The second-order valence-electron chi connectivity index (χ2n) is 5.60. The first kappa shape index (κ1) is 13.8. The molecular weight excluding hydrogens is 292 g/mol. The van der Waals surface area contributed by atoms with Crippen molar-refractivity contribution in [3.63, 3.8) is 0 Å². The van der Waals surface area contributed by atoms with Gasteiger partial charge < -0.3 is 10.2 Å². The van der Waals surface area contributed by atoms with E-state index in [9.17, 15) is 4.79 Å². The van der Waals surface area contributed by atoms with E-state index in [-0.39, 0.29) is 11.3 Å². The minimum Gasteiger partial charge on any atom is -0.340 e. The second kappa shape index (κ2) is 5.57. The molecule has 0 saturated carbocycles. The van der Waals surface area contributed by atoms with E-state index < -0.39 is 0 Å². The van der Waals surface area contributed by atoms with E-state index in [1.807, 2.05) is 4.90 Å². The third kappa shape index (κ3) is 3.23. The molecule has 1 heterocycles. The van der Waals surface area contributed by atoms with Gasteiger partial charge in [0.2, 0.25) is 5.91 Å². The maximum absolute atomic E-state index is 11.7. The third-order valence-corrected chi connectivity index (χ3v) is 4.79. The summed E-state index contributed by atoms with van der Waals surface area (Å²) >= 11 is 3.56. The van der Waals surface area contributed by atoms with Crippen LogP contribution < -0.4 is 5.32 Å². The van der Waals surface area contributed by atoms with Gasteiger partial charge in [0.15, 0.2) is 0 Å². The van der Waals surface area contributed by atoms with Gasteiger partial charge in [-0.05, 0) is 25.2 Å². The van der Waals surface area contributed by atoms with Crippen LogP contribution >= 0.6 is 15.9 Å². The van der Waals surface area contributed by atoms with Crippen LogP contribution in [0.25, 0.3) is 0 Å². The van der Waals surface area contributed by atoms with Gasteiger partial charge in [-0.1, -0.05) is 40.6 Å². The lowest BCUT2D eigenvalue weighted by molar-refractivity contribution is -0.132. The Balaban J connectivity index is 1.90. The summed E-state index contributed by atoms with van der Waals surface area (Å²) in [5, 5.41) is 3.11. The lowest BCUT2D eigenvalue weighted by atomic mass is 9.78. The number of allylic oxidation sites excluding steroid dienone is 4. The summed E-state index contributed by atoms with van der Waals surface area (Å²) in [6, 6.07) is 0. The fraction of sp³-hybridized carbons (Fsp3) is 0.643. The van der Waals surface area contributed by atoms with Gasteiger partial charge in [-0.25, -0.2) is 0 Å². The maximum Gasteiger partial charge on any atom is 0.236 e. The molecule has 3 nitrogen and oxygen atoms in total. The van der Waals surface area contributed by atoms with Crippen molar-refractivity contribution >= 4 is 21.8 Å². The highest BCUT2D eigenvalue weighted by atomic mass is 79.9. The molecule has 100 valence electrons. The van der Waals surface area contributed by atoms with Gasteiger partial charge in [-0.3, -0.25) is 4.79 Å². The van der Waals surface area contributed by atoms with Crippen molar-refractivity contribution in [1.29, 1.82) is 0 Å². The standard InChI is InChI=1S/C14H21BrN2O/c1-11-9-14(2,4-3-12(11)15)5-7-17-8-6-16-10-13(17)18/h3-4,16H,5-10H2,1-2H3. The summed E-state index contributed by atoms with van der Waals surface area (Å²) in [5.74, 6) is 0.234. The summed E-state index contributed by atoms with van der Waals surface area (Å²) in [5.41, 5.74) is 1.58. The molecule has 2 aliphatic rings. The quantitative estimate of drug-likeness (QED) is 0.868. The Morgan fingerprint density at radius 1 is 1.56 bits per heavy atom. The molecular formula is C14H21BrN2O.